The van der Waals surface area contributed by atoms with Gasteiger partial charge in [0.25, 0.3) is 5.91 Å². The van der Waals surface area contributed by atoms with Crippen LogP contribution in [-0.2, 0) is 0 Å². The Morgan fingerprint density at radius 3 is 2.95 bits per heavy atom. The van der Waals surface area contributed by atoms with E-state index in [4.69, 9.17) is 9.52 Å². The smallest absolute Gasteiger partial charge is 0.289 e. The predicted octanol–water partition coefficient (Wildman–Crippen LogP) is 2.12. The molecule has 1 unspecified atom stereocenters. The molecule has 106 valence electrons. The van der Waals surface area contributed by atoms with Crippen molar-refractivity contribution in [3.05, 3.63) is 35.8 Å². The number of carbonyl (C=O) groups excluding carboxylic acids is 1. The number of likely N-dealkylation sites (tertiary alicyclic amines) is 1. The minimum Gasteiger partial charge on any atom is -0.448 e. The summed E-state index contributed by atoms with van der Waals surface area (Å²) in [5, 5.41) is 9.45. The molecule has 1 aliphatic heterocycles. The lowest BCUT2D eigenvalue weighted by Gasteiger charge is -2.17. The molecule has 0 radical (unpaired) electrons. The van der Waals surface area contributed by atoms with Gasteiger partial charge in [0.1, 0.15) is 0 Å². The molecule has 6 heteroatoms. The highest BCUT2D eigenvalue weighted by molar-refractivity contribution is 5.96. The van der Waals surface area contributed by atoms with E-state index < -0.39 is 24.0 Å². The second-order valence-corrected chi connectivity index (χ2v) is 5.05. The molecule has 2 heterocycles. The summed E-state index contributed by atoms with van der Waals surface area (Å²) in [4.78, 5) is 13.5. The van der Waals surface area contributed by atoms with E-state index in [-0.39, 0.29) is 30.9 Å². The van der Waals surface area contributed by atoms with Crippen molar-refractivity contribution in [1.82, 2.24) is 4.90 Å². The third-order valence-electron chi connectivity index (χ3n) is 3.58. The summed E-state index contributed by atoms with van der Waals surface area (Å²) in [5.41, 5.74) is -1.74. The third-order valence-corrected chi connectivity index (χ3v) is 3.58. The van der Waals surface area contributed by atoms with E-state index in [0.29, 0.717) is 5.39 Å². The number of hydrogen-bond donors (Lipinski definition) is 1. The zero-order valence-corrected chi connectivity index (χ0v) is 10.6. The molecule has 4 nitrogen and oxygen atoms in total. The van der Waals surface area contributed by atoms with Crippen LogP contribution in [0.5, 0.6) is 0 Å². The molecule has 3 rings (SSSR count). The van der Waals surface area contributed by atoms with Crippen LogP contribution in [0.25, 0.3) is 11.0 Å². The molecular formula is C14H13F2NO3. The van der Waals surface area contributed by atoms with Gasteiger partial charge in [-0.05, 0) is 12.1 Å². The van der Waals surface area contributed by atoms with Crippen LogP contribution < -0.4 is 0 Å². The second kappa shape index (κ2) is 4.56. The number of nitrogens with zero attached hydrogens (tertiary/aromatic N) is 1. The first-order chi connectivity index (χ1) is 9.52. The van der Waals surface area contributed by atoms with E-state index in [1.165, 1.54) is 23.1 Å². The lowest BCUT2D eigenvalue weighted by atomic mass is 10.1. The molecule has 1 aliphatic rings. The van der Waals surface area contributed by atoms with Crippen LogP contribution in [-0.4, -0.2) is 41.3 Å². The number of alkyl halides is 1. The van der Waals surface area contributed by atoms with E-state index in [1.54, 1.807) is 6.07 Å². The molecule has 1 N–H and O–H groups in total. The normalized spacial score (nSPS) is 22.6. The van der Waals surface area contributed by atoms with Crippen LogP contribution in [0.4, 0.5) is 8.78 Å². The Balaban J connectivity index is 1.88. The van der Waals surface area contributed by atoms with Crippen LogP contribution in [0.3, 0.4) is 0 Å². The Labute approximate surface area is 113 Å². The summed E-state index contributed by atoms with van der Waals surface area (Å²) >= 11 is 0. The fourth-order valence-corrected chi connectivity index (χ4v) is 2.43. The number of hydrogen-bond acceptors (Lipinski definition) is 3. The molecule has 2 aromatic rings. The van der Waals surface area contributed by atoms with Gasteiger partial charge in [-0.15, -0.1) is 0 Å². The summed E-state index contributed by atoms with van der Waals surface area (Å²) in [6, 6.07) is 5.84. The number of fused-ring (bicyclic) bond motifs is 1. The number of rotatable bonds is 2. The Kier molecular flexibility index (Phi) is 2.97. The number of amides is 1. The predicted molar refractivity (Wildman–Crippen MR) is 67.6 cm³/mol. The van der Waals surface area contributed by atoms with Crippen molar-refractivity contribution in [2.75, 3.05) is 19.7 Å². The summed E-state index contributed by atoms with van der Waals surface area (Å²) in [6.07, 6.45) is 0.0871. The van der Waals surface area contributed by atoms with Gasteiger partial charge in [0.05, 0.1) is 13.2 Å². The van der Waals surface area contributed by atoms with Crippen molar-refractivity contribution in [2.45, 2.75) is 12.1 Å². The fraction of sp³-hybridized carbons (Fsp3) is 0.357. The quantitative estimate of drug-likeness (QED) is 0.917. The highest BCUT2D eigenvalue weighted by atomic mass is 19.1. The number of aliphatic hydroxyl groups is 1. The van der Waals surface area contributed by atoms with E-state index >= 15 is 0 Å². The van der Waals surface area contributed by atoms with Crippen LogP contribution in [0.15, 0.2) is 28.7 Å². The van der Waals surface area contributed by atoms with Gasteiger partial charge in [-0.25, -0.2) is 8.78 Å². The molecule has 1 amide bonds. The average Bonchev–Trinajstić information content (AvgIpc) is 3.03. The zero-order valence-electron chi connectivity index (χ0n) is 10.6. The molecule has 20 heavy (non-hydrogen) atoms. The number of carbonyl (C=O) groups is 1. The van der Waals surface area contributed by atoms with Gasteiger partial charge in [-0.1, -0.05) is 12.1 Å². The van der Waals surface area contributed by atoms with Gasteiger partial charge in [0.15, 0.2) is 22.8 Å². The molecule has 0 bridgehead atoms. The topological polar surface area (TPSA) is 53.7 Å². The molecule has 1 saturated heterocycles. The van der Waals surface area contributed by atoms with Gasteiger partial charge < -0.3 is 14.4 Å². The number of benzene rings is 1. The van der Waals surface area contributed by atoms with Crippen LogP contribution in [0, 0.1) is 5.82 Å². The SMILES string of the molecule is O=C(c1cc2cccc(F)c2o1)N1CCC(F)(CO)C1. The van der Waals surface area contributed by atoms with Gasteiger partial charge in [0.2, 0.25) is 0 Å². The first-order valence-corrected chi connectivity index (χ1v) is 6.29. The highest BCUT2D eigenvalue weighted by Gasteiger charge is 2.40. The van der Waals surface area contributed by atoms with Gasteiger partial charge in [-0.3, -0.25) is 4.79 Å². The largest absolute Gasteiger partial charge is 0.448 e. The van der Waals surface area contributed by atoms with Crippen LogP contribution in [0.1, 0.15) is 17.0 Å². The average molecular weight is 281 g/mol. The second-order valence-electron chi connectivity index (χ2n) is 5.05. The first-order valence-electron chi connectivity index (χ1n) is 6.29. The van der Waals surface area contributed by atoms with Crippen molar-refractivity contribution >= 4 is 16.9 Å². The monoisotopic (exact) mass is 281 g/mol. The van der Waals surface area contributed by atoms with Crippen LogP contribution >= 0.6 is 0 Å². The first kappa shape index (κ1) is 13.1. The number of halogens is 2. The molecular weight excluding hydrogens is 268 g/mol. The minimum atomic E-state index is -1.76. The molecule has 0 spiro atoms. The summed E-state index contributed by atoms with van der Waals surface area (Å²) in [6.45, 7) is -0.594. The summed E-state index contributed by atoms with van der Waals surface area (Å²) in [7, 11) is 0. The zero-order chi connectivity index (χ0) is 14.3. The molecule has 0 aliphatic carbocycles. The Morgan fingerprint density at radius 2 is 2.30 bits per heavy atom. The van der Waals surface area contributed by atoms with Crippen molar-refractivity contribution in [3.8, 4) is 0 Å². The van der Waals surface area contributed by atoms with E-state index in [2.05, 4.69) is 0 Å². The third kappa shape index (κ3) is 2.06. The Hall–Kier alpha value is -1.95. The minimum absolute atomic E-state index is 0.0173. The number of para-hydroxylation sites is 1. The highest BCUT2D eigenvalue weighted by Crippen LogP contribution is 2.28. The van der Waals surface area contributed by atoms with E-state index in [0.717, 1.165) is 0 Å². The van der Waals surface area contributed by atoms with Crippen molar-refractivity contribution in [3.63, 3.8) is 0 Å². The maximum absolute atomic E-state index is 13.9. The maximum atomic E-state index is 13.9. The summed E-state index contributed by atoms with van der Waals surface area (Å²) in [5.74, 6) is -1.06. The Morgan fingerprint density at radius 1 is 1.50 bits per heavy atom. The van der Waals surface area contributed by atoms with Gasteiger partial charge >= 0.3 is 0 Å². The lowest BCUT2D eigenvalue weighted by Crippen LogP contribution is -2.35. The molecule has 1 aromatic carbocycles. The van der Waals surface area contributed by atoms with Crippen molar-refractivity contribution in [2.24, 2.45) is 0 Å². The van der Waals surface area contributed by atoms with Crippen LogP contribution in [0.2, 0.25) is 0 Å². The number of furan rings is 1. The van der Waals surface area contributed by atoms with Gasteiger partial charge in [-0.2, -0.15) is 0 Å². The standard InChI is InChI=1S/C14H13F2NO3/c15-10-3-1-2-9-6-11(20-12(9)10)13(19)17-5-4-14(16,7-17)8-18/h1-3,6,18H,4-5,7-8H2. The maximum Gasteiger partial charge on any atom is 0.289 e. The molecule has 1 atom stereocenters. The summed E-state index contributed by atoms with van der Waals surface area (Å²) < 4.78 is 32.6. The van der Waals surface area contributed by atoms with Crippen molar-refractivity contribution in [1.29, 1.82) is 0 Å². The number of aliphatic hydroxyl groups excluding tert-OH is 1. The molecule has 1 aromatic heterocycles. The van der Waals surface area contributed by atoms with E-state index in [9.17, 15) is 13.6 Å². The van der Waals surface area contributed by atoms with Crippen molar-refractivity contribution < 1.29 is 23.1 Å². The fourth-order valence-electron chi connectivity index (χ4n) is 2.43. The van der Waals surface area contributed by atoms with E-state index in [1.807, 2.05) is 0 Å². The molecule has 0 saturated carbocycles. The van der Waals surface area contributed by atoms with Gasteiger partial charge in [0, 0.05) is 18.4 Å². The molecule has 1 fully saturated rings. The lowest BCUT2D eigenvalue weighted by molar-refractivity contribution is 0.0612. The Bertz CT molecular complexity index is 669.